The zero-order chi connectivity index (χ0) is 13.9. The zero-order valence-electron chi connectivity index (χ0n) is 12.5. The summed E-state index contributed by atoms with van der Waals surface area (Å²) in [5, 5.41) is 9.44. The van der Waals surface area contributed by atoms with Crippen molar-refractivity contribution in [3.05, 3.63) is 48.0 Å². The van der Waals surface area contributed by atoms with E-state index >= 15 is 0 Å². The van der Waals surface area contributed by atoms with Crippen LogP contribution in [0.5, 0.6) is 0 Å². The molecule has 1 aliphatic carbocycles. The van der Waals surface area contributed by atoms with Crippen LogP contribution >= 0.6 is 24.0 Å². The van der Waals surface area contributed by atoms with Crippen molar-refractivity contribution >= 4 is 40.7 Å². The number of guanidine groups is 1. The van der Waals surface area contributed by atoms with Crippen molar-refractivity contribution < 1.29 is 0 Å². The third-order valence-electron chi connectivity index (χ3n) is 3.98. The van der Waals surface area contributed by atoms with Crippen LogP contribution in [0.1, 0.15) is 18.9 Å². The van der Waals surface area contributed by atoms with Crippen LogP contribution in [0.2, 0.25) is 0 Å². The highest BCUT2D eigenvalue weighted by molar-refractivity contribution is 14.0. The first-order chi connectivity index (χ1) is 9.78. The highest BCUT2D eigenvalue weighted by atomic mass is 127. The van der Waals surface area contributed by atoms with E-state index < -0.39 is 0 Å². The Bertz CT molecular complexity index is 633. The summed E-state index contributed by atoms with van der Waals surface area (Å²) in [6.45, 7) is 3.05. The van der Waals surface area contributed by atoms with Gasteiger partial charge in [-0.2, -0.15) is 0 Å². The molecular formula is C17H22IN3. The lowest BCUT2D eigenvalue weighted by atomic mass is 10.0. The van der Waals surface area contributed by atoms with Crippen LogP contribution in [0.3, 0.4) is 0 Å². The molecule has 3 rings (SSSR count). The number of hydrogen-bond donors (Lipinski definition) is 2. The van der Waals surface area contributed by atoms with E-state index in [0.717, 1.165) is 18.4 Å². The van der Waals surface area contributed by atoms with Gasteiger partial charge in [-0.3, -0.25) is 4.99 Å². The molecule has 2 atom stereocenters. The molecular weight excluding hydrogens is 373 g/mol. The Balaban J connectivity index is 0.00000161. The van der Waals surface area contributed by atoms with Crippen LogP contribution in [0.15, 0.2) is 47.5 Å². The predicted molar refractivity (Wildman–Crippen MR) is 100 cm³/mol. The average Bonchev–Trinajstić information content (AvgIpc) is 3.18. The van der Waals surface area contributed by atoms with Gasteiger partial charge in [0, 0.05) is 19.6 Å². The SMILES string of the molecule is CN=C(NCc1cccc2ccccc12)NC1CC1C.I. The van der Waals surface area contributed by atoms with Gasteiger partial charge in [0.05, 0.1) is 0 Å². The van der Waals surface area contributed by atoms with E-state index in [1.807, 2.05) is 7.05 Å². The molecule has 0 heterocycles. The quantitative estimate of drug-likeness (QED) is 0.474. The van der Waals surface area contributed by atoms with Crippen molar-refractivity contribution in [2.75, 3.05) is 7.05 Å². The van der Waals surface area contributed by atoms with Crippen molar-refractivity contribution in [2.24, 2.45) is 10.9 Å². The van der Waals surface area contributed by atoms with E-state index in [0.29, 0.717) is 6.04 Å². The second-order valence-electron chi connectivity index (χ2n) is 5.53. The summed E-state index contributed by atoms with van der Waals surface area (Å²) in [7, 11) is 1.82. The molecule has 0 aromatic heterocycles. The molecule has 2 aromatic carbocycles. The van der Waals surface area contributed by atoms with Crippen molar-refractivity contribution in [2.45, 2.75) is 25.9 Å². The van der Waals surface area contributed by atoms with Crippen molar-refractivity contribution in [1.82, 2.24) is 10.6 Å². The van der Waals surface area contributed by atoms with Gasteiger partial charge < -0.3 is 10.6 Å². The largest absolute Gasteiger partial charge is 0.353 e. The fourth-order valence-electron chi connectivity index (χ4n) is 2.52. The van der Waals surface area contributed by atoms with Crippen LogP contribution in [0, 0.1) is 5.92 Å². The number of aliphatic imine (C=N–C) groups is 1. The molecule has 2 N–H and O–H groups in total. The minimum Gasteiger partial charge on any atom is -0.353 e. The number of nitrogens with one attached hydrogen (secondary N) is 2. The molecule has 4 heteroatoms. The molecule has 3 nitrogen and oxygen atoms in total. The maximum atomic E-state index is 4.29. The summed E-state index contributed by atoms with van der Waals surface area (Å²) in [6, 6.07) is 15.5. The molecule has 0 radical (unpaired) electrons. The van der Waals surface area contributed by atoms with E-state index in [4.69, 9.17) is 0 Å². The van der Waals surface area contributed by atoms with E-state index in [1.165, 1.54) is 22.8 Å². The maximum absolute atomic E-state index is 4.29. The first-order valence-electron chi connectivity index (χ1n) is 7.22. The summed E-state index contributed by atoms with van der Waals surface area (Å²) < 4.78 is 0. The monoisotopic (exact) mass is 395 g/mol. The van der Waals surface area contributed by atoms with Crippen LogP contribution in [-0.4, -0.2) is 19.0 Å². The number of nitrogens with zero attached hydrogens (tertiary/aromatic N) is 1. The Labute approximate surface area is 143 Å². The van der Waals surface area contributed by atoms with Gasteiger partial charge in [0.1, 0.15) is 0 Å². The predicted octanol–water partition coefficient (Wildman–Crippen LogP) is 3.53. The van der Waals surface area contributed by atoms with Gasteiger partial charge in [-0.05, 0) is 28.7 Å². The average molecular weight is 395 g/mol. The lowest BCUT2D eigenvalue weighted by Crippen LogP contribution is -2.38. The molecule has 2 unspecified atom stereocenters. The summed E-state index contributed by atoms with van der Waals surface area (Å²) in [5.74, 6) is 1.67. The maximum Gasteiger partial charge on any atom is 0.191 e. The smallest absolute Gasteiger partial charge is 0.191 e. The van der Waals surface area contributed by atoms with Gasteiger partial charge in [0.25, 0.3) is 0 Å². The minimum absolute atomic E-state index is 0. The van der Waals surface area contributed by atoms with Gasteiger partial charge >= 0.3 is 0 Å². The van der Waals surface area contributed by atoms with Gasteiger partial charge in [-0.1, -0.05) is 49.4 Å². The number of benzene rings is 2. The molecule has 112 valence electrons. The Kier molecular flexibility index (Phi) is 5.45. The Morgan fingerprint density at radius 3 is 2.62 bits per heavy atom. The third-order valence-corrected chi connectivity index (χ3v) is 3.98. The molecule has 0 bridgehead atoms. The first kappa shape index (κ1) is 16.1. The van der Waals surface area contributed by atoms with Crippen LogP contribution in [-0.2, 0) is 6.54 Å². The lowest BCUT2D eigenvalue weighted by molar-refractivity contribution is 0.765. The van der Waals surface area contributed by atoms with Gasteiger partial charge in [-0.25, -0.2) is 0 Å². The molecule has 21 heavy (non-hydrogen) atoms. The van der Waals surface area contributed by atoms with Crippen LogP contribution in [0.4, 0.5) is 0 Å². The number of halogens is 1. The second-order valence-corrected chi connectivity index (χ2v) is 5.53. The number of rotatable bonds is 3. The summed E-state index contributed by atoms with van der Waals surface area (Å²) >= 11 is 0. The molecule has 0 amide bonds. The Morgan fingerprint density at radius 2 is 1.90 bits per heavy atom. The Hall–Kier alpha value is -1.30. The molecule has 1 fully saturated rings. The second kappa shape index (κ2) is 7.11. The van der Waals surface area contributed by atoms with Crippen molar-refractivity contribution in [3.8, 4) is 0 Å². The number of hydrogen-bond acceptors (Lipinski definition) is 1. The fraction of sp³-hybridized carbons (Fsp3) is 0.353. The third kappa shape index (κ3) is 3.87. The van der Waals surface area contributed by atoms with E-state index in [1.54, 1.807) is 0 Å². The minimum atomic E-state index is 0. The Morgan fingerprint density at radius 1 is 1.19 bits per heavy atom. The first-order valence-corrected chi connectivity index (χ1v) is 7.22. The van der Waals surface area contributed by atoms with Crippen LogP contribution < -0.4 is 10.6 Å². The molecule has 2 aromatic rings. The molecule has 0 spiro atoms. The highest BCUT2D eigenvalue weighted by Gasteiger charge is 2.33. The van der Waals surface area contributed by atoms with Gasteiger partial charge in [0.2, 0.25) is 0 Å². The summed E-state index contributed by atoms with van der Waals surface area (Å²) in [5.41, 5.74) is 1.30. The van der Waals surface area contributed by atoms with E-state index in [-0.39, 0.29) is 24.0 Å². The normalized spacial score (nSPS) is 20.8. The summed E-state index contributed by atoms with van der Waals surface area (Å²) in [6.07, 6.45) is 1.25. The molecule has 0 aliphatic heterocycles. The molecule has 0 saturated heterocycles. The molecule has 1 saturated carbocycles. The lowest BCUT2D eigenvalue weighted by Gasteiger charge is -2.13. The van der Waals surface area contributed by atoms with Gasteiger partial charge in [-0.15, -0.1) is 24.0 Å². The molecule has 1 aliphatic rings. The highest BCUT2D eigenvalue weighted by Crippen LogP contribution is 2.28. The topological polar surface area (TPSA) is 36.4 Å². The number of fused-ring (bicyclic) bond motifs is 1. The van der Waals surface area contributed by atoms with Crippen molar-refractivity contribution in [3.63, 3.8) is 0 Å². The zero-order valence-corrected chi connectivity index (χ0v) is 14.8. The summed E-state index contributed by atoms with van der Waals surface area (Å²) in [4.78, 5) is 4.29. The van der Waals surface area contributed by atoms with E-state index in [2.05, 4.69) is 65.0 Å². The van der Waals surface area contributed by atoms with Gasteiger partial charge in [0.15, 0.2) is 5.96 Å². The van der Waals surface area contributed by atoms with Crippen LogP contribution in [0.25, 0.3) is 10.8 Å². The van der Waals surface area contributed by atoms with Crippen molar-refractivity contribution in [1.29, 1.82) is 0 Å². The fourth-order valence-corrected chi connectivity index (χ4v) is 2.52. The standard InChI is InChI=1S/C17H21N3.HI/c1-12-10-16(12)20-17(18-2)19-11-14-8-5-7-13-6-3-4-9-15(13)14;/h3-9,12,16H,10-11H2,1-2H3,(H2,18,19,20);1H. The van der Waals surface area contributed by atoms with E-state index in [9.17, 15) is 0 Å².